The molecule has 1 amide bonds. The monoisotopic (exact) mass is 331 g/mol. The van der Waals surface area contributed by atoms with Crippen molar-refractivity contribution in [3.63, 3.8) is 0 Å². The molecule has 2 rings (SSSR count). The van der Waals surface area contributed by atoms with Crippen LogP contribution in [0.15, 0.2) is 4.34 Å². The Morgan fingerprint density at radius 3 is 3.14 bits per heavy atom. The molecule has 6 nitrogen and oxygen atoms in total. The van der Waals surface area contributed by atoms with Crippen LogP contribution in [-0.2, 0) is 14.3 Å². The number of nitrogens with one attached hydrogen (secondary N) is 1. The van der Waals surface area contributed by atoms with Crippen LogP contribution in [-0.4, -0.2) is 54.3 Å². The molecule has 0 spiro atoms. The number of aromatic nitrogens is 2. The fraction of sp³-hybridized carbons (Fsp3) is 0.769. The molecule has 1 N–H and O–H groups in total. The van der Waals surface area contributed by atoms with Crippen LogP contribution < -0.4 is 5.32 Å². The molecule has 21 heavy (non-hydrogen) atoms. The van der Waals surface area contributed by atoms with Crippen molar-refractivity contribution in [1.29, 1.82) is 0 Å². The number of nitrogens with zero attached hydrogens (tertiary/aromatic N) is 2. The average molecular weight is 331 g/mol. The number of thioether (sulfide) groups is 1. The van der Waals surface area contributed by atoms with Crippen molar-refractivity contribution in [2.75, 3.05) is 32.1 Å². The number of ether oxygens (including phenoxy) is 2. The van der Waals surface area contributed by atoms with Gasteiger partial charge in [0.25, 0.3) is 0 Å². The first-order valence-corrected chi connectivity index (χ1v) is 8.93. The standard InChI is InChI=1S/C13H21N3O3S2/c1-10-15-16-13(21-10)20-7-5-14-12(17)9-18-8-11-4-2-3-6-19-11/h11H,2-9H2,1H3,(H,14,17). The zero-order valence-corrected chi connectivity index (χ0v) is 13.8. The van der Waals surface area contributed by atoms with Gasteiger partial charge in [0, 0.05) is 18.9 Å². The van der Waals surface area contributed by atoms with Gasteiger partial charge in [0.1, 0.15) is 11.6 Å². The minimum absolute atomic E-state index is 0.0835. The Hall–Kier alpha value is -0.700. The van der Waals surface area contributed by atoms with Crippen molar-refractivity contribution in [2.45, 2.75) is 36.6 Å². The van der Waals surface area contributed by atoms with Crippen molar-refractivity contribution in [3.8, 4) is 0 Å². The van der Waals surface area contributed by atoms with Crippen LogP contribution in [0.5, 0.6) is 0 Å². The number of carbonyl (C=O) groups is 1. The summed E-state index contributed by atoms with van der Waals surface area (Å²) in [7, 11) is 0. The molecule has 0 aliphatic carbocycles. The second-order valence-electron chi connectivity index (χ2n) is 4.79. The summed E-state index contributed by atoms with van der Waals surface area (Å²) in [6.45, 7) is 3.94. The largest absolute Gasteiger partial charge is 0.376 e. The maximum atomic E-state index is 11.6. The molecule has 1 unspecified atom stereocenters. The third-order valence-electron chi connectivity index (χ3n) is 2.97. The van der Waals surface area contributed by atoms with E-state index in [9.17, 15) is 4.79 Å². The Morgan fingerprint density at radius 2 is 2.43 bits per heavy atom. The fourth-order valence-corrected chi connectivity index (χ4v) is 3.68. The zero-order chi connectivity index (χ0) is 14.9. The van der Waals surface area contributed by atoms with E-state index in [0.29, 0.717) is 13.2 Å². The van der Waals surface area contributed by atoms with Gasteiger partial charge < -0.3 is 14.8 Å². The Bertz CT molecular complexity index is 436. The van der Waals surface area contributed by atoms with E-state index in [1.165, 1.54) is 6.42 Å². The Balaban J connectivity index is 1.47. The molecular formula is C13H21N3O3S2. The van der Waals surface area contributed by atoms with E-state index in [1.54, 1.807) is 23.1 Å². The molecule has 1 aliphatic heterocycles. The van der Waals surface area contributed by atoms with E-state index in [-0.39, 0.29) is 18.6 Å². The van der Waals surface area contributed by atoms with Crippen LogP contribution in [0.1, 0.15) is 24.3 Å². The van der Waals surface area contributed by atoms with Gasteiger partial charge >= 0.3 is 0 Å². The second-order valence-corrected chi connectivity index (χ2v) is 7.31. The molecule has 118 valence electrons. The van der Waals surface area contributed by atoms with Crippen molar-refractivity contribution >= 4 is 29.0 Å². The highest BCUT2D eigenvalue weighted by molar-refractivity contribution is 8.01. The van der Waals surface area contributed by atoms with Crippen LogP contribution in [0.25, 0.3) is 0 Å². The highest BCUT2D eigenvalue weighted by Crippen LogP contribution is 2.20. The number of hydrogen-bond donors (Lipinski definition) is 1. The maximum absolute atomic E-state index is 11.6. The van der Waals surface area contributed by atoms with Gasteiger partial charge in [-0.05, 0) is 26.2 Å². The smallest absolute Gasteiger partial charge is 0.246 e. The summed E-state index contributed by atoms with van der Waals surface area (Å²) in [4.78, 5) is 11.6. The van der Waals surface area contributed by atoms with Crippen LogP contribution in [0.2, 0.25) is 0 Å². The summed E-state index contributed by atoms with van der Waals surface area (Å²) in [5, 5.41) is 11.7. The number of aryl methyl sites for hydroxylation is 1. The van der Waals surface area contributed by atoms with Gasteiger partial charge in [-0.25, -0.2) is 0 Å². The summed E-state index contributed by atoms with van der Waals surface area (Å²) in [6, 6.07) is 0. The molecule has 1 aliphatic rings. The predicted molar refractivity (Wildman–Crippen MR) is 82.8 cm³/mol. The Morgan fingerprint density at radius 1 is 1.52 bits per heavy atom. The van der Waals surface area contributed by atoms with E-state index >= 15 is 0 Å². The van der Waals surface area contributed by atoms with E-state index in [0.717, 1.165) is 34.5 Å². The lowest BCUT2D eigenvalue weighted by molar-refractivity contribution is -0.127. The average Bonchev–Trinajstić information content (AvgIpc) is 2.90. The summed E-state index contributed by atoms with van der Waals surface area (Å²) < 4.78 is 11.9. The topological polar surface area (TPSA) is 73.3 Å². The number of amides is 1. The first-order chi connectivity index (χ1) is 10.2. The molecule has 0 bridgehead atoms. The molecule has 1 atom stereocenters. The van der Waals surface area contributed by atoms with E-state index in [1.807, 2.05) is 6.92 Å². The molecule has 1 saturated heterocycles. The van der Waals surface area contributed by atoms with E-state index < -0.39 is 0 Å². The van der Waals surface area contributed by atoms with Gasteiger partial charge in [0.2, 0.25) is 5.91 Å². The molecule has 0 radical (unpaired) electrons. The molecule has 0 saturated carbocycles. The minimum atomic E-state index is -0.0835. The van der Waals surface area contributed by atoms with E-state index in [2.05, 4.69) is 15.5 Å². The van der Waals surface area contributed by atoms with Gasteiger partial charge in [-0.1, -0.05) is 23.1 Å². The number of carbonyl (C=O) groups excluding carboxylic acids is 1. The lowest BCUT2D eigenvalue weighted by Gasteiger charge is -2.22. The molecule has 8 heteroatoms. The first-order valence-electron chi connectivity index (χ1n) is 7.13. The summed E-state index contributed by atoms with van der Waals surface area (Å²) in [6.07, 6.45) is 3.49. The quantitative estimate of drug-likeness (QED) is 0.577. The minimum Gasteiger partial charge on any atom is -0.376 e. The normalized spacial score (nSPS) is 18.6. The molecular weight excluding hydrogens is 310 g/mol. The number of hydrogen-bond acceptors (Lipinski definition) is 7. The van der Waals surface area contributed by atoms with Crippen molar-refractivity contribution in [3.05, 3.63) is 5.01 Å². The van der Waals surface area contributed by atoms with Crippen LogP contribution in [0, 0.1) is 6.92 Å². The summed E-state index contributed by atoms with van der Waals surface area (Å²) >= 11 is 3.16. The number of rotatable bonds is 8. The zero-order valence-electron chi connectivity index (χ0n) is 12.2. The lowest BCUT2D eigenvalue weighted by Crippen LogP contribution is -2.32. The predicted octanol–water partition coefficient (Wildman–Crippen LogP) is 1.64. The van der Waals surface area contributed by atoms with Gasteiger partial charge in [-0.3, -0.25) is 4.79 Å². The second kappa shape index (κ2) is 9.34. The third kappa shape index (κ3) is 6.73. The maximum Gasteiger partial charge on any atom is 0.246 e. The molecule has 1 aromatic rings. The van der Waals surface area contributed by atoms with Crippen LogP contribution in [0.3, 0.4) is 0 Å². The molecule has 0 aromatic carbocycles. The third-order valence-corrected chi connectivity index (χ3v) is 4.94. The Kier molecular flexibility index (Phi) is 7.42. The van der Waals surface area contributed by atoms with Crippen LogP contribution in [0.4, 0.5) is 0 Å². The van der Waals surface area contributed by atoms with Gasteiger partial charge in [0.15, 0.2) is 4.34 Å². The fourth-order valence-electron chi connectivity index (χ4n) is 1.94. The van der Waals surface area contributed by atoms with Gasteiger partial charge in [-0.15, -0.1) is 10.2 Å². The van der Waals surface area contributed by atoms with Crippen molar-refractivity contribution in [1.82, 2.24) is 15.5 Å². The lowest BCUT2D eigenvalue weighted by atomic mass is 10.1. The Labute approximate surface area is 133 Å². The SMILES string of the molecule is Cc1nnc(SCCNC(=O)COCC2CCCCO2)s1. The molecule has 2 heterocycles. The highest BCUT2D eigenvalue weighted by atomic mass is 32.2. The van der Waals surface area contributed by atoms with Gasteiger partial charge in [0.05, 0.1) is 12.7 Å². The van der Waals surface area contributed by atoms with Crippen LogP contribution >= 0.6 is 23.1 Å². The van der Waals surface area contributed by atoms with Crippen molar-refractivity contribution < 1.29 is 14.3 Å². The summed E-state index contributed by atoms with van der Waals surface area (Å²) in [5.41, 5.74) is 0. The first kappa shape index (κ1) is 16.7. The molecule has 1 fully saturated rings. The molecule has 1 aromatic heterocycles. The van der Waals surface area contributed by atoms with Gasteiger partial charge in [-0.2, -0.15) is 0 Å². The van der Waals surface area contributed by atoms with E-state index in [4.69, 9.17) is 9.47 Å². The summed E-state index contributed by atoms with van der Waals surface area (Å²) in [5.74, 6) is 0.700. The van der Waals surface area contributed by atoms with Crippen molar-refractivity contribution in [2.24, 2.45) is 0 Å². The highest BCUT2D eigenvalue weighted by Gasteiger charge is 2.14.